The summed E-state index contributed by atoms with van der Waals surface area (Å²) >= 11 is 1.23. The fraction of sp³-hybridized carbons (Fsp3) is 0.615. The normalized spacial score (nSPS) is 10.2. The third-order valence-electron chi connectivity index (χ3n) is 2.49. The molecule has 1 N–H and O–H groups in total. The lowest BCUT2D eigenvalue weighted by atomic mass is 10.1. The summed E-state index contributed by atoms with van der Waals surface area (Å²) < 4.78 is 4.83. The van der Waals surface area contributed by atoms with Crippen LogP contribution in [0.1, 0.15) is 56.4 Å². The number of nitrogens with zero attached hydrogens (tertiary/aromatic N) is 1. The molecular formula is C13H20N2O3S. The Bertz CT molecular complexity index is 418. The molecule has 0 fully saturated rings. The number of ether oxygens (including phenoxy) is 1. The van der Waals surface area contributed by atoms with Gasteiger partial charge < -0.3 is 10.1 Å². The highest BCUT2D eigenvalue weighted by Crippen LogP contribution is 2.16. The van der Waals surface area contributed by atoms with E-state index in [0.717, 1.165) is 25.7 Å². The van der Waals surface area contributed by atoms with Crippen LogP contribution >= 0.6 is 11.3 Å². The lowest BCUT2D eigenvalue weighted by Crippen LogP contribution is -2.11. The molecule has 0 saturated carbocycles. The number of unbranched alkanes of at least 4 members (excludes halogenated alkanes) is 3. The monoisotopic (exact) mass is 284 g/mol. The number of nitrogens with one attached hydrogen (secondary N) is 1. The Morgan fingerprint density at radius 3 is 2.79 bits per heavy atom. The van der Waals surface area contributed by atoms with Gasteiger partial charge >= 0.3 is 5.97 Å². The SMILES string of the molecule is CCCCCCC(=O)Nc1nc(C(=O)OCC)cs1. The van der Waals surface area contributed by atoms with Crippen LogP contribution < -0.4 is 5.32 Å². The largest absolute Gasteiger partial charge is 0.461 e. The Hall–Kier alpha value is -1.43. The first-order valence-corrected chi connectivity index (χ1v) is 7.47. The maximum absolute atomic E-state index is 11.6. The van der Waals surface area contributed by atoms with E-state index in [9.17, 15) is 9.59 Å². The van der Waals surface area contributed by atoms with Crippen molar-refractivity contribution in [3.63, 3.8) is 0 Å². The minimum Gasteiger partial charge on any atom is -0.461 e. The van der Waals surface area contributed by atoms with Crippen LogP contribution in [0.15, 0.2) is 5.38 Å². The minimum atomic E-state index is -0.456. The van der Waals surface area contributed by atoms with E-state index in [1.807, 2.05) is 0 Å². The van der Waals surface area contributed by atoms with Crippen molar-refractivity contribution in [1.29, 1.82) is 0 Å². The first kappa shape index (κ1) is 15.6. The third kappa shape index (κ3) is 5.83. The molecule has 1 aromatic rings. The summed E-state index contributed by atoms with van der Waals surface area (Å²) in [5.41, 5.74) is 0.244. The van der Waals surface area contributed by atoms with Crippen LogP contribution in [0.3, 0.4) is 0 Å². The molecule has 0 aliphatic heterocycles. The molecule has 106 valence electrons. The lowest BCUT2D eigenvalue weighted by Gasteiger charge is -2.01. The van der Waals surface area contributed by atoms with Crippen molar-refractivity contribution < 1.29 is 14.3 Å². The van der Waals surface area contributed by atoms with Crippen molar-refractivity contribution in [3.8, 4) is 0 Å². The summed E-state index contributed by atoms with van der Waals surface area (Å²) in [6.45, 7) is 4.19. The van der Waals surface area contributed by atoms with Crippen LogP contribution in [0.2, 0.25) is 0 Å². The van der Waals surface area contributed by atoms with Gasteiger partial charge in [0.1, 0.15) is 0 Å². The van der Waals surface area contributed by atoms with Crippen molar-refractivity contribution in [1.82, 2.24) is 4.98 Å². The highest BCUT2D eigenvalue weighted by Gasteiger charge is 2.12. The van der Waals surface area contributed by atoms with Crippen LogP contribution in [0, 0.1) is 0 Å². The molecule has 0 aliphatic carbocycles. The number of aromatic nitrogens is 1. The molecule has 1 rings (SSSR count). The summed E-state index contributed by atoms with van der Waals surface area (Å²) in [5.74, 6) is -0.511. The van der Waals surface area contributed by atoms with Gasteiger partial charge in [-0.15, -0.1) is 11.3 Å². The van der Waals surface area contributed by atoms with Crippen molar-refractivity contribution in [2.24, 2.45) is 0 Å². The van der Waals surface area contributed by atoms with Gasteiger partial charge in [-0.3, -0.25) is 4.79 Å². The van der Waals surface area contributed by atoms with E-state index in [1.165, 1.54) is 11.3 Å². The number of anilines is 1. The zero-order chi connectivity index (χ0) is 14.1. The van der Waals surface area contributed by atoms with Crippen molar-refractivity contribution in [2.75, 3.05) is 11.9 Å². The summed E-state index contributed by atoms with van der Waals surface area (Å²) in [4.78, 5) is 27.0. The number of rotatable bonds is 8. The molecule has 6 heteroatoms. The van der Waals surface area contributed by atoms with Crippen LogP contribution in [0.25, 0.3) is 0 Å². The van der Waals surface area contributed by atoms with Gasteiger partial charge in [-0.05, 0) is 13.3 Å². The molecule has 0 spiro atoms. The highest BCUT2D eigenvalue weighted by molar-refractivity contribution is 7.14. The zero-order valence-electron chi connectivity index (χ0n) is 11.4. The van der Waals surface area contributed by atoms with Gasteiger partial charge in [-0.1, -0.05) is 26.2 Å². The van der Waals surface area contributed by atoms with Crippen LogP contribution in [-0.2, 0) is 9.53 Å². The van der Waals surface area contributed by atoms with E-state index >= 15 is 0 Å². The average molecular weight is 284 g/mol. The average Bonchev–Trinajstić information content (AvgIpc) is 2.83. The van der Waals surface area contributed by atoms with Crippen LogP contribution in [-0.4, -0.2) is 23.5 Å². The van der Waals surface area contributed by atoms with E-state index in [-0.39, 0.29) is 11.6 Å². The Morgan fingerprint density at radius 2 is 2.11 bits per heavy atom. The molecule has 5 nitrogen and oxygen atoms in total. The molecule has 0 atom stereocenters. The fourth-order valence-corrected chi connectivity index (χ4v) is 2.22. The third-order valence-corrected chi connectivity index (χ3v) is 3.25. The van der Waals surface area contributed by atoms with E-state index < -0.39 is 5.97 Å². The molecule has 1 heterocycles. The number of hydrogen-bond donors (Lipinski definition) is 1. The topological polar surface area (TPSA) is 68.3 Å². The zero-order valence-corrected chi connectivity index (χ0v) is 12.2. The number of hydrogen-bond acceptors (Lipinski definition) is 5. The van der Waals surface area contributed by atoms with E-state index in [1.54, 1.807) is 12.3 Å². The number of esters is 1. The summed E-state index contributed by atoms with van der Waals surface area (Å²) in [6, 6.07) is 0. The number of thiazole rings is 1. The molecule has 0 saturated heterocycles. The van der Waals surface area contributed by atoms with Gasteiger partial charge in [0.25, 0.3) is 0 Å². The second kappa shape index (κ2) is 8.63. The highest BCUT2D eigenvalue weighted by atomic mass is 32.1. The van der Waals surface area contributed by atoms with Crippen molar-refractivity contribution in [2.45, 2.75) is 46.0 Å². The maximum Gasteiger partial charge on any atom is 0.357 e. The second-order valence-electron chi connectivity index (χ2n) is 4.12. The quantitative estimate of drug-likeness (QED) is 0.588. The smallest absolute Gasteiger partial charge is 0.357 e. The Balaban J connectivity index is 2.36. The predicted octanol–water partition coefficient (Wildman–Crippen LogP) is 3.23. The van der Waals surface area contributed by atoms with Crippen LogP contribution in [0.4, 0.5) is 5.13 Å². The second-order valence-corrected chi connectivity index (χ2v) is 4.98. The van der Waals surface area contributed by atoms with Gasteiger partial charge in [-0.25, -0.2) is 9.78 Å². The summed E-state index contributed by atoms with van der Waals surface area (Å²) in [7, 11) is 0. The molecule has 0 aliphatic rings. The molecule has 1 aromatic heterocycles. The van der Waals surface area contributed by atoms with E-state index in [4.69, 9.17) is 4.74 Å². The van der Waals surface area contributed by atoms with Gasteiger partial charge in [0, 0.05) is 11.8 Å². The fourth-order valence-electron chi connectivity index (χ4n) is 1.52. The van der Waals surface area contributed by atoms with Crippen molar-refractivity contribution in [3.05, 3.63) is 11.1 Å². The van der Waals surface area contributed by atoms with Gasteiger partial charge in [0.05, 0.1) is 6.61 Å². The Kier molecular flexibility index (Phi) is 7.10. The maximum atomic E-state index is 11.6. The summed E-state index contributed by atoms with van der Waals surface area (Å²) in [5, 5.41) is 4.73. The summed E-state index contributed by atoms with van der Waals surface area (Å²) in [6.07, 6.45) is 4.74. The van der Waals surface area contributed by atoms with Crippen molar-refractivity contribution >= 4 is 28.3 Å². The number of carbonyl (C=O) groups excluding carboxylic acids is 2. The molecular weight excluding hydrogens is 264 g/mol. The predicted molar refractivity (Wildman–Crippen MR) is 75.5 cm³/mol. The molecule has 0 aromatic carbocycles. The first-order valence-electron chi connectivity index (χ1n) is 6.59. The number of carbonyl (C=O) groups is 2. The molecule has 0 bridgehead atoms. The number of amides is 1. The van der Waals surface area contributed by atoms with E-state index in [2.05, 4.69) is 17.2 Å². The Labute approximate surface area is 117 Å². The van der Waals surface area contributed by atoms with Gasteiger partial charge in [0.2, 0.25) is 5.91 Å². The van der Waals surface area contributed by atoms with Crippen LogP contribution in [0.5, 0.6) is 0 Å². The van der Waals surface area contributed by atoms with E-state index in [0.29, 0.717) is 18.2 Å². The minimum absolute atomic E-state index is 0.0548. The molecule has 0 radical (unpaired) electrons. The lowest BCUT2D eigenvalue weighted by molar-refractivity contribution is -0.116. The molecule has 1 amide bonds. The Morgan fingerprint density at radius 1 is 1.32 bits per heavy atom. The first-order chi connectivity index (χ1) is 9.17. The van der Waals surface area contributed by atoms with Gasteiger partial charge in [0.15, 0.2) is 10.8 Å². The molecule has 0 unspecified atom stereocenters. The standard InChI is InChI=1S/C13H20N2O3S/c1-3-5-6-7-8-11(16)15-13-14-10(9-19-13)12(17)18-4-2/h9H,3-8H2,1-2H3,(H,14,15,16). The molecule has 19 heavy (non-hydrogen) atoms. The van der Waals surface area contributed by atoms with Gasteiger partial charge in [-0.2, -0.15) is 0 Å².